The van der Waals surface area contributed by atoms with Crippen LogP contribution in [-0.4, -0.2) is 32.3 Å². The van der Waals surface area contributed by atoms with Crippen molar-refractivity contribution in [3.8, 4) is 23.0 Å². The van der Waals surface area contributed by atoms with Gasteiger partial charge in [-0.1, -0.05) is 60.4 Å². The number of benzene rings is 3. The second-order valence-electron chi connectivity index (χ2n) is 7.17. The number of rotatable bonds is 4. The molecule has 3 aromatic rings. The SMILES string of the molecule is COC(=O)c1ccc(C#CCNC(=O)OCC2c3ccccc3-c3ccccc32)c(F)c1. The summed E-state index contributed by atoms with van der Waals surface area (Å²) >= 11 is 0. The monoisotopic (exact) mass is 429 g/mol. The molecule has 6 heteroatoms. The summed E-state index contributed by atoms with van der Waals surface area (Å²) in [6.07, 6.45) is -0.595. The Morgan fingerprint density at radius 2 is 1.66 bits per heavy atom. The molecule has 160 valence electrons. The first kappa shape index (κ1) is 21.1. The maximum Gasteiger partial charge on any atom is 0.407 e. The van der Waals surface area contributed by atoms with Crippen molar-refractivity contribution in [1.29, 1.82) is 0 Å². The number of carbonyl (C=O) groups is 2. The van der Waals surface area contributed by atoms with E-state index in [1.54, 1.807) is 0 Å². The number of hydrogen-bond acceptors (Lipinski definition) is 4. The van der Waals surface area contributed by atoms with Gasteiger partial charge in [0.05, 0.1) is 24.8 Å². The average Bonchev–Trinajstić information content (AvgIpc) is 3.14. The van der Waals surface area contributed by atoms with Crippen LogP contribution in [-0.2, 0) is 9.47 Å². The molecule has 3 aromatic carbocycles. The third-order valence-corrected chi connectivity index (χ3v) is 5.28. The molecule has 1 N–H and O–H groups in total. The molecule has 0 atom stereocenters. The highest BCUT2D eigenvalue weighted by Gasteiger charge is 2.28. The number of amides is 1. The van der Waals surface area contributed by atoms with E-state index in [-0.39, 0.29) is 30.2 Å². The Morgan fingerprint density at radius 1 is 1.00 bits per heavy atom. The third-order valence-electron chi connectivity index (χ3n) is 5.28. The zero-order valence-electron chi connectivity index (χ0n) is 17.4. The summed E-state index contributed by atoms with van der Waals surface area (Å²) < 4.78 is 24.0. The van der Waals surface area contributed by atoms with Crippen LogP contribution in [0.4, 0.5) is 9.18 Å². The van der Waals surface area contributed by atoms with Gasteiger partial charge < -0.3 is 14.8 Å². The fourth-order valence-corrected chi connectivity index (χ4v) is 3.77. The minimum absolute atomic E-state index is 0.00509. The quantitative estimate of drug-likeness (QED) is 0.490. The summed E-state index contributed by atoms with van der Waals surface area (Å²) in [5.41, 5.74) is 4.80. The van der Waals surface area contributed by atoms with Crippen LogP contribution in [0.5, 0.6) is 0 Å². The van der Waals surface area contributed by atoms with Crippen LogP contribution in [0.3, 0.4) is 0 Å². The summed E-state index contributed by atoms with van der Waals surface area (Å²) in [7, 11) is 1.23. The van der Waals surface area contributed by atoms with E-state index in [2.05, 4.69) is 34.0 Å². The van der Waals surface area contributed by atoms with Crippen molar-refractivity contribution in [3.63, 3.8) is 0 Å². The van der Waals surface area contributed by atoms with E-state index in [4.69, 9.17) is 4.74 Å². The van der Waals surface area contributed by atoms with Gasteiger partial charge >= 0.3 is 12.1 Å². The molecule has 1 amide bonds. The number of fused-ring (bicyclic) bond motifs is 3. The highest BCUT2D eigenvalue weighted by atomic mass is 19.1. The predicted molar refractivity (Wildman–Crippen MR) is 118 cm³/mol. The summed E-state index contributed by atoms with van der Waals surface area (Å²) in [4.78, 5) is 23.5. The molecule has 0 bridgehead atoms. The van der Waals surface area contributed by atoms with Gasteiger partial charge in [0, 0.05) is 5.92 Å². The Hall–Kier alpha value is -4.11. The fraction of sp³-hybridized carbons (Fsp3) is 0.154. The molecule has 1 aliphatic rings. The van der Waals surface area contributed by atoms with Crippen LogP contribution in [0.1, 0.15) is 33.0 Å². The normalized spacial score (nSPS) is 11.6. The van der Waals surface area contributed by atoms with Crippen molar-refractivity contribution in [1.82, 2.24) is 5.32 Å². The van der Waals surface area contributed by atoms with Crippen molar-refractivity contribution in [3.05, 3.63) is 94.8 Å². The maximum atomic E-state index is 14.0. The van der Waals surface area contributed by atoms with Crippen molar-refractivity contribution in [2.45, 2.75) is 5.92 Å². The Labute approximate surface area is 185 Å². The standard InChI is InChI=1S/C26H20FNO4/c1-31-25(29)18-13-12-17(24(27)15-18)7-6-14-28-26(30)32-16-23-21-10-4-2-8-19(21)20-9-3-5-11-22(20)23/h2-5,8-13,15,23H,14,16H2,1H3,(H,28,30). The number of nitrogens with one attached hydrogen (secondary N) is 1. The van der Waals surface area contributed by atoms with Gasteiger partial charge in [-0.3, -0.25) is 0 Å². The molecule has 0 radical (unpaired) electrons. The van der Waals surface area contributed by atoms with Crippen molar-refractivity contribution in [2.75, 3.05) is 20.3 Å². The number of carbonyl (C=O) groups excluding carboxylic acids is 2. The molecule has 0 unspecified atom stereocenters. The van der Waals surface area contributed by atoms with Crippen LogP contribution in [0.25, 0.3) is 11.1 Å². The summed E-state index contributed by atoms with van der Waals surface area (Å²) in [5, 5.41) is 2.55. The van der Waals surface area contributed by atoms with E-state index < -0.39 is 17.9 Å². The number of alkyl carbamates (subject to hydrolysis) is 1. The fourth-order valence-electron chi connectivity index (χ4n) is 3.77. The Bertz CT molecular complexity index is 1200. The Kier molecular flexibility index (Phi) is 6.18. The lowest BCUT2D eigenvalue weighted by molar-refractivity contribution is 0.0600. The zero-order valence-corrected chi connectivity index (χ0v) is 17.4. The number of methoxy groups -OCH3 is 1. The van der Waals surface area contributed by atoms with E-state index in [9.17, 15) is 14.0 Å². The zero-order chi connectivity index (χ0) is 22.5. The highest BCUT2D eigenvalue weighted by molar-refractivity contribution is 5.89. The van der Waals surface area contributed by atoms with Crippen LogP contribution in [0, 0.1) is 17.7 Å². The largest absolute Gasteiger partial charge is 0.465 e. The molecule has 5 nitrogen and oxygen atoms in total. The van der Waals surface area contributed by atoms with Crippen LogP contribution in [0.2, 0.25) is 0 Å². The highest BCUT2D eigenvalue weighted by Crippen LogP contribution is 2.44. The number of hydrogen-bond donors (Lipinski definition) is 1. The van der Waals surface area contributed by atoms with Crippen molar-refractivity contribution >= 4 is 12.1 Å². The molecule has 0 spiro atoms. The van der Waals surface area contributed by atoms with Crippen LogP contribution < -0.4 is 5.32 Å². The molecule has 0 aliphatic heterocycles. The molecule has 0 aromatic heterocycles. The molecule has 4 rings (SSSR count). The lowest BCUT2D eigenvalue weighted by atomic mass is 9.98. The molecular formula is C26H20FNO4. The van der Waals surface area contributed by atoms with Gasteiger partial charge in [-0.05, 0) is 40.5 Å². The molecular weight excluding hydrogens is 409 g/mol. The van der Waals surface area contributed by atoms with E-state index >= 15 is 0 Å². The smallest absolute Gasteiger partial charge is 0.407 e. The second kappa shape index (κ2) is 9.36. The maximum absolute atomic E-state index is 14.0. The molecule has 0 saturated carbocycles. The Morgan fingerprint density at radius 3 is 2.28 bits per heavy atom. The minimum Gasteiger partial charge on any atom is -0.465 e. The van der Waals surface area contributed by atoms with Gasteiger partial charge in [-0.2, -0.15) is 0 Å². The lowest BCUT2D eigenvalue weighted by Gasteiger charge is -2.14. The predicted octanol–water partition coefficient (Wildman–Crippen LogP) is 4.50. The lowest BCUT2D eigenvalue weighted by Crippen LogP contribution is -2.26. The first-order chi connectivity index (χ1) is 15.6. The average molecular weight is 429 g/mol. The molecule has 0 saturated heterocycles. The summed E-state index contributed by atoms with van der Waals surface area (Å²) in [5.74, 6) is 4.02. The topological polar surface area (TPSA) is 64.6 Å². The number of ether oxygens (including phenoxy) is 2. The summed E-state index contributed by atoms with van der Waals surface area (Å²) in [6.45, 7) is 0.200. The van der Waals surface area contributed by atoms with Crippen LogP contribution in [0.15, 0.2) is 66.7 Å². The molecule has 32 heavy (non-hydrogen) atoms. The van der Waals surface area contributed by atoms with E-state index in [1.165, 1.54) is 19.2 Å². The van der Waals surface area contributed by atoms with Gasteiger partial charge in [-0.15, -0.1) is 0 Å². The number of esters is 1. The van der Waals surface area contributed by atoms with Crippen LogP contribution >= 0.6 is 0 Å². The van der Waals surface area contributed by atoms with E-state index in [0.717, 1.165) is 28.3 Å². The summed E-state index contributed by atoms with van der Waals surface area (Å²) in [6, 6.07) is 20.1. The number of halogens is 1. The Balaban J connectivity index is 1.33. The van der Waals surface area contributed by atoms with Crippen molar-refractivity contribution in [2.24, 2.45) is 0 Å². The van der Waals surface area contributed by atoms with Gasteiger partial charge in [0.15, 0.2) is 0 Å². The van der Waals surface area contributed by atoms with E-state index in [1.807, 2.05) is 36.4 Å². The minimum atomic E-state index is -0.637. The molecule has 0 fully saturated rings. The third kappa shape index (κ3) is 4.33. The van der Waals surface area contributed by atoms with E-state index in [0.29, 0.717) is 0 Å². The van der Waals surface area contributed by atoms with Gasteiger partial charge in [0.2, 0.25) is 0 Å². The molecule has 0 heterocycles. The molecule has 1 aliphatic carbocycles. The van der Waals surface area contributed by atoms with Crippen molar-refractivity contribution < 1.29 is 23.5 Å². The second-order valence-corrected chi connectivity index (χ2v) is 7.17. The first-order valence-corrected chi connectivity index (χ1v) is 10.0. The first-order valence-electron chi connectivity index (χ1n) is 10.0. The van der Waals surface area contributed by atoms with Gasteiger partial charge in [-0.25, -0.2) is 14.0 Å². The van der Waals surface area contributed by atoms with Gasteiger partial charge in [0.25, 0.3) is 0 Å². The van der Waals surface area contributed by atoms with Gasteiger partial charge in [0.1, 0.15) is 12.4 Å².